The number of carbonyl (C=O) groups is 2. The summed E-state index contributed by atoms with van der Waals surface area (Å²) in [6, 6.07) is 0.202. The zero-order valence-corrected chi connectivity index (χ0v) is 16.9. The minimum atomic E-state index is -5.08. The van der Waals surface area contributed by atoms with Gasteiger partial charge in [0.05, 0.1) is 5.69 Å². The maximum absolute atomic E-state index is 12.3. The molecule has 1 saturated carbocycles. The number of carboxylic acids is 1. The van der Waals surface area contributed by atoms with E-state index in [-0.39, 0.29) is 30.4 Å². The molecule has 0 unspecified atom stereocenters. The van der Waals surface area contributed by atoms with Gasteiger partial charge in [0, 0.05) is 36.5 Å². The maximum atomic E-state index is 12.3. The molecular weight excluding hydrogens is 421 g/mol. The Bertz CT molecular complexity index is 687. The Kier molecular flexibility index (Phi) is 9.12. The fourth-order valence-corrected chi connectivity index (χ4v) is 4.08. The van der Waals surface area contributed by atoms with Gasteiger partial charge in [-0.05, 0) is 19.9 Å². The molecule has 7 nitrogen and oxygen atoms in total. The Morgan fingerprint density at radius 3 is 2.50 bits per heavy atom. The van der Waals surface area contributed by atoms with E-state index in [0.717, 1.165) is 44.5 Å². The first-order chi connectivity index (χ1) is 12.6. The monoisotopic (exact) mass is 444 g/mol. The van der Waals surface area contributed by atoms with E-state index in [0.29, 0.717) is 5.01 Å². The topological polar surface area (TPSA) is 109 Å². The van der Waals surface area contributed by atoms with E-state index >= 15 is 0 Å². The van der Waals surface area contributed by atoms with Crippen molar-refractivity contribution in [3.8, 4) is 0 Å². The predicted molar refractivity (Wildman–Crippen MR) is 101 cm³/mol. The number of likely N-dealkylation sites (N-methyl/N-ethyl adjacent to an activating group) is 1. The van der Waals surface area contributed by atoms with Crippen molar-refractivity contribution in [1.29, 1.82) is 0 Å². The second-order valence-electron chi connectivity index (χ2n) is 6.71. The van der Waals surface area contributed by atoms with Crippen LogP contribution < -0.4 is 11.1 Å². The van der Waals surface area contributed by atoms with Crippen LogP contribution in [0.25, 0.3) is 0 Å². The van der Waals surface area contributed by atoms with Crippen LogP contribution in [0.15, 0.2) is 0 Å². The zero-order chi connectivity index (χ0) is 20.2. The summed E-state index contributed by atoms with van der Waals surface area (Å²) < 4.78 is 31.7. The molecule has 12 heteroatoms. The van der Waals surface area contributed by atoms with Crippen LogP contribution in [0.4, 0.5) is 13.2 Å². The minimum Gasteiger partial charge on any atom is -0.475 e. The van der Waals surface area contributed by atoms with Gasteiger partial charge in [0.15, 0.2) is 5.01 Å². The van der Waals surface area contributed by atoms with Gasteiger partial charge in [-0.3, -0.25) is 4.79 Å². The van der Waals surface area contributed by atoms with E-state index in [1.165, 1.54) is 22.6 Å². The first kappa shape index (κ1) is 24.6. The smallest absolute Gasteiger partial charge is 0.475 e. The molecule has 1 amide bonds. The van der Waals surface area contributed by atoms with E-state index in [1.807, 2.05) is 0 Å². The van der Waals surface area contributed by atoms with Crippen molar-refractivity contribution in [2.75, 3.05) is 13.6 Å². The van der Waals surface area contributed by atoms with Crippen LogP contribution in [0, 0.1) is 0 Å². The molecule has 28 heavy (non-hydrogen) atoms. The number of fused-ring (bicyclic) bond motifs is 1. The summed E-state index contributed by atoms with van der Waals surface area (Å²) in [7, 11) is 2.10. The molecule has 2 atom stereocenters. The van der Waals surface area contributed by atoms with Crippen molar-refractivity contribution in [3.05, 3.63) is 15.6 Å². The number of nitrogens with two attached hydrogens (primary N) is 1. The Morgan fingerprint density at radius 2 is 1.93 bits per heavy atom. The lowest BCUT2D eigenvalue weighted by molar-refractivity contribution is -0.192. The quantitative estimate of drug-likeness (QED) is 0.645. The van der Waals surface area contributed by atoms with Crippen molar-refractivity contribution in [1.82, 2.24) is 15.2 Å². The molecule has 0 radical (unpaired) electrons. The number of nitrogens with one attached hydrogen (secondary N) is 1. The van der Waals surface area contributed by atoms with Crippen molar-refractivity contribution < 1.29 is 27.9 Å². The highest BCUT2D eigenvalue weighted by atomic mass is 35.5. The number of carboxylic acid groups (broad SMARTS) is 1. The molecule has 2 heterocycles. The number of thiazole rings is 1. The van der Waals surface area contributed by atoms with Gasteiger partial charge in [-0.25, -0.2) is 9.78 Å². The summed E-state index contributed by atoms with van der Waals surface area (Å²) >= 11 is 1.53. The summed E-state index contributed by atoms with van der Waals surface area (Å²) in [6.07, 6.45) is 0.173. The summed E-state index contributed by atoms with van der Waals surface area (Å²) in [4.78, 5) is 29.2. The standard InChI is InChI=1S/C14H22N4OS.C2HF3O2.ClH/c1-18-7-6-11-12(8-18)20-14(17-11)13(19)16-10-5-3-2-4-9(10)15;3-2(4,5)1(6)7;/h9-10H,2-8,15H2,1H3,(H,16,19);(H,6,7);1H/t9-,10-;;/m1../s1. The maximum Gasteiger partial charge on any atom is 0.490 e. The number of amides is 1. The van der Waals surface area contributed by atoms with E-state index in [1.54, 1.807) is 0 Å². The predicted octanol–water partition coefficient (Wildman–Crippen LogP) is 2.19. The average Bonchev–Trinajstić information content (AvgIpc) is 3.00. The lowest BCUT2D eigenvalue weighted by atomic mass is 9.91. The lowest BCUT2D eigenvalue weighted by Gasteiger charge is -2.28. The van der Waals surface area contributed by atoms with E-state index in [2.05, 4.69) is 22.2 Å². The van der Waals surface area contributed by atoms with Crippen molar-refractivity contribution >= 4 is 35.6 Å². The van der Waals surface area contributed by atoms with Crippen LogP contribution in [0.5, 0.6) is 0 Å². The molecule has 0 saturated heterocycles. The fraction of sp³-hybridized carbons (Fsp3) is 0.688. The second-order valence-corrected chi connectivity index (χ2v) is 7.79. The lowest BCUT2D eigenvalue weighted by Crippen LogP contribution is -2.49. The summed E-state index contributed by atoms with van der Waals surface area (Å²) in [5.74, 6) is -2.80. The molecule has 0 aromatic carbocycles. The number of halogens is 4. The highest BCUT2D eigenvalue weighted by molar-refractivity contribution is 7.13. The molecule has 1 aromatic rings. The summed E-state index contributed by atoms with van der Waals surface area (Å²) in [5.41, 5.74) is 7.19. The van der Waals surface area contributed by atoms with Crippen LogP contribution in [-0.4, -0.2) is 58.7 Å². The van der Waals surface area contributed by atoms with Crippen LogP contribution in [0.3, 0.4) is 0 Å². The van der Waals surface area contributed by atoms with E-state index < -0.39 is 12.1 Å². The van der Waals surface area contributed by atoms with Crippen LogP contribution >= 0.6 is 23.7 Å². The van der Waals surface area contributed by atoms with Crippen LogP contribution in [0.2, 0.25) is 0 Å². The zero-order valence-electron chi connectivity index (χ0n) is 15.3. The molecule has 2 aliphatic rings. The first-order valence-electron chi connectivity index (χ1n) is 8.61. The third-order valence-electron chi connectivity index (χ3n) is 4.49. The van der Waals surface area contributed by atoms with Crippen LogP contribution in [0.1, 0.15) is 46.1 Å². The normalized spacial score (nSPS) is 22.2. The average molecular weight is 445 g/mol. The number of hydrogen-bond acceptors (Lipinski definition) is 6. The van der Waals surface area contributed by atoms with Gasteiger partial charge in [-0.15, -0.1) is 23.7 Å². The summed E-state index contributed by atoms with van der Waals surface area (Å²) in [6.45, 7) is 1.93. The molecule has 0 spiro atoms. The fourth-order valence-electron chi connectivity index (χ4n) is 2.99. The van der Waals surface area contributed by atoms with Crippen molar-refractivity contribution in [3.63, 3.8) is 0 Å². The van der Waals surface area contributed by atoms with Gasteiger partial charge in [0.2, 0.25) is 0 Å². The molecular formula is C16H24ClF3N4O3S. The highest BCUT2D eigenvalue weighted by Gasteiger charge is 2.38. The van der Waals surface area contributed by atoms with Crippen molar-refractivity contribution in [2.45, 2.75) is 56.9 Å². The van der Waals surface area contributed by atoms with Crippen LogP contribution in [-0.2, 0) is 17.8 Å². The molecule has 1 aliphatic heterocycles. The van der Waals surface area contributed by atoms with Gasteiger partial charge in [0.1, 0.15) is 0 Å². The van der Waals surface area contributed by atoms with Gasteiger partial charge < -0.3 is 21.1 Å². The summed E-state index contributed by atoms with van der Waals surface area (Å²) in [5, 5.41) is 10.8. The number of nitrogens with zero attached hydrogens (tertiary/aromatic N) is 2. The van der Waals surface area contributed by atoms with E-state index in [9.17, 15) is 18.0 Å². The first-order valence-corrected chi connectivity index (χ1v) is 9.43. The molecule has 3 rings (SSSR count). The SMILES string of the molecule is CN1CCc2nc(C(=O)N[C@@H]3CCCC[C@H]3N)sc2C1.Cl.O=C(O)C(F)(F)F. The molecule has 1 aliphatic carbocycles. The van der Waals surface area contributed by atoms with Gasteiger partial charge in [-0.1, -0.05) is 12.8 Å². The Balaban J connectivity index is 0.000000425. The number of aliphatic carboxylic acids is 1. The van der Waals surface area contributed by atoms with Gasteiger partial charge in [0.25, 0.3) is 5.91 Å². The number of carbonyl (C=O) groups excluding carboxylic acids is 1. The number of rotatable bonds is 2. The number of hydrogen-bond donors (Lipinski definition) is 3. The largest absolute Gasteiger partial charge is 0.490 e. The highest BCUT2D eigenvalue weighted by Crippen LogP contribution is 2.25. The van der Waals surface area contributed by atoms with Crippen molar-refractivity contribution in [2.24, 2.45) is 5.73 Å². The number of alkyl halides is 3. The number of aromatic nitrogens is 1. The minimum absolute atomic E-state index is 0. The third-order valence-corrected chi connectivity index (χ3v) is 5.58. The third kappa shape index (κ3) is 6.87. The second kappa shape index (κ2) is 10.4. The molecule has 1 aromatic heterocycles. The Labute approximate surface area is 170 Å². The Hall–Kier alpha value is -1.43. The molecule has 1 fully saturated rings. The molecule has 4 N–H and O–H groups in total. The molecule has 160 valence electrons. The van der Waals surface area contributed by atoms with Gasteiger partial charge in [-0.2, -0.15) is 13.2 Å². The Morgan fingerprint density at radius 1 is 1.32 bits per heavy atom. The molecule has 0 bridgehead atoms. The van der Waals surface area contributed by atoms with Gasteiger partial charge >= 0.3 is 12.1 Å². The van der Waals surface area contributed by atoms with E-state index in [4.69, 9.17) is 15.6 Å².